The van der Waals surface area contributed by atoms with Crippen molar-refractivity contribution >= 4 is 22.3 Å². The summed E-state index contributed by atoms with van der Waals surface area (Å²) in [6.07, 6.45) is 2.80. The SMILES string of the molecule is CC(C)(C#N)c1ccc(NCC#Cc2cc3c(NC4CCN([C@H]5CC[C@@H](O)CC5)CC4)cccc3n2CC(F)(F)F)cn1. The van der Waals surface area contributed by atoms with E-state index in [0.29, 0.717) is 28.6 Å². The van der Waals surface area contributed by atoms with Crippen LogP contribution < -0.4 is 10.6 Å². The van der Waals surface area contributed by atoms with Crippen LogP contribution in [-0.2, 0) is 12.0 Å². The third-order valence-corrected chi connectivity index (χ3v) is 8.64. The van der Waals surface area contributed by atoms with Gasteiger partial charge in [0, 0.05) is 36.2 Å². The highest BCUT2D eigenvalue weighted by molar-refractivity contribution is 5.94. The second-order valence-corrected chi connectivity index (χ2v) is 12.2. The van der Waals surface area contributed by atoms with Gasteiger partial charge >= 0.3 is 6.18 Å². The van der Waals surface area contributed by atoms with Crippen molar-refractivity contribution in [3.05, 3.63) is 54.0 Å². The largest absolute Gasteiger partial charge is 0.406 e. The van der Waals surface area contributed by atoms with Crippen molar-refractivity contribution in [1.29, 1.82) is 5.26 Å². The smallest absolute Gasteiger partial charge is 0.393 e. The molecule has 0 spiro atoms. The van der Waals surface area contributed by atoms with Crippen LogP contribution >= 0.6 is 0 Å². The first-order valence-corrected chi connectivity index (χ1v) is 15.0. The molecule has 3 aromatic rings. The average molecular weight is 593 g/mol. The molecule has 1 saturated carbocycles. The Morgan fingerprint density at radius 2 is 1.79 bits per heavy atom. The van der Waals surface area contributed by atoms with Gasteiger partial charge in [0.25, 0.3) is 0 Å². The number of aliphatic hydroxyl groups is 1. The summed E-state index contributed by atoms with van der Waals surface area (Å²) in [4.78, 5) is 6.88. The lowest BCUT2D eigenvalue weighted by Gasteiger charge is -2.40. The Balaban J connectivity index is 1.28. The summed E-state index contributed by atoms with van der Waals surface area (Å²) in [6.45, 7) is 4.64. The number of anilines is 2. The highest BCUT2D eigenvalue weighted by Gasteiger charge is 2.31. The molecule has 1 aliphatic carbocycles. The quantitative estimate of drug-likeness (QED) is 0.290. The Kier molecular flexibility index (Phi) is 9.19. The van der Waals surface area contributed by atoms with Gasteiger partial charge in [-0.05, 0) is 88.6 Å². The van der Waals surface area contributed by atoms with Crippen molar-refractivity contribution in [3.8, 4) is 17.9 Å². The Hall–Kier alpha value is -3.73. The molecule has 10 heteroatoms. The Morgan fingerprint density at radius 3 is 2.44 bits per heavy atom. The topological polar surface area (TPSA) is 89.1 Å². The molecule has 2 fully saturated rings. The predicted molar refractivity (Wildman–Crippen MR) is 163 cm³/mol. The molecule has 1 aromatic carbocycles. The van der Waals surface area contributed by atoms with E-state index in [0.717, 1.165) is 62.7 Å². The van der Waals surface area contributed by atoms with Crippen molar-refractivity contribution in [2.75, 3.05) is 30.3 Å². The summed E-state index contributed by atoms with van der Waals surface area (Å²) < 4.78 is 42.1. The van der Waals surface area contributed by atoms with E-state index >= 15 is 0 Å². The highest BCUT2D eigenvalue weighted by Crippen LogP contribution is 2.32. The molecule has 2 aliphatic rings. The molecule has 0 unspecified atom stereocenters. The number of alkyl halides is 3. The molecule has 43 heavy (non-hydrogen) atoms. The number of likely N-dealkylation sites (tertiary alicyclic amines) is 1. The Morgan fingerprint density at radius 1 is 1.05 bits per heavy atom. The van der Waals surface area contributed by atoms with Crippen molar-refractivity contribution in [3.63, 3.8) is 0 Å². The van der Waals surface area contributed by atoms with E-state index < -0.39 is 18.1 Å². The summed E-state index contributed by atoms with van der Waals surface area (Å²) >= 11 is 0. The van der Waals surface area contributed by atoms with Gasteiger partial charge in [0.2, 0.25) is 0 Å². The third-order valence-electron chi connectivity index (χ3n) is 8.64. The molecule has 5 rings (SSSR count). The molecule has 3 heterocycles. The molecule has 2 aromatic heterocycles. The first-order valence-electron chi connectivity index (χ1n) is 15.0. The number of pyridine rings is 1. The minimum absolute atomic E-state index is 0.162. The molecule has 7 nitrogen and oxygen atoms in total. The molecule has 0 atom stereocenters. The number of nitrogens with zero attached hydrogens (tertiary/aromatic N) is 4. The normalized spacial score (nSPS) is 20.3. The maximum atomic E-state index is 13.6. The van der Waals surface area contributed by atoms with Crippen LogP contribution in [0.2, 0.25) is 0 Å². The zero-order valence-corrected chi connectivity index (χ0v) is 24.7. The van der Waals surface area contributed by atoms with Crippen LogP contribution in [0.25, 0.3) is 10.9 Å². The zero-order chi connectivity index (χ0) is 30.6. The number of nitrogens with one attached hydrogen (secondary N) is 2. The van der Waals surface area contributed by atoms with E-state index in [2.05, 4.69) is 38.4 Å². The third kappa shape index (κ3) is 7.62. The fourth-order valence-corrected chi connectivity index (χ4v) is 6.12. The van der Waals surface area contributed by atoms with Crippen LogP contribution in [0.4, 0.5) is 24.5 Å². The van der Waals surface area contributed by atoms with Crippen LogP contribution in [0.15, 0.2) is 42.6 Å². The van der Waals surface area contributed by atoms with E-state index in [4.69, 9.17) is 0 Å². The lowest BCUT2D eigenvalue weighted by atomic mass is 9.90. The van der Waals surface area contributed by atoms with E-state index in [1.54, 1.807) is 44.3 Å². The summed E-state index contributed by atoms with van der Waals surface area (Å²) in [6, 6.07) is 13.8. The number of piperidine rings is 1. The molecular weight excluding hydrogens is 553 g/mol. The Labute approximate surface area is 251 Å². The monoisotopic (exact) mass is 592 g/mol. The van der Waals surface area contributed by atoms with Gasteiger partial charge < -0.3 is 25.2 Å². The van der Waals surface area contributed by atoms with E-state index in [1.807, 2.05) is 12.1 Å². The van der Waals surface area contributed by atoms with Crippen molar-refractivity contribution in [2.24, 2.45) is 0 Å². The Bertz CT molecular complexity index is 1500. The number of rotatable bonds is 7. The number of nitriles is 1. The molecule has 0 bridgehead atoms. The first-order chi connectivity index (χ1) is 20.5. The van der Waals surface area contributed by atoms with Gasteiger partial charge in [0.1, 0.15) is 6.54 Å². The second kappa shape index (κ2) is 12.9. The fraction of sp³-hybridized carbons (Fsp3) is 0.515. The van der Waals surface area contributed by atoms with Gasteiger partial charge in [-0.15, -0.1) is 0 Å². The van der Waals surface area contributed by atoms with Crippen LogP contribution in [-0.4, -0.2) is 63.6 Å². The van der Waals surface area contributed by atoms with Crippen molar-refractivity contribution < 1.29 is 18.3 Å². The predicted octanol–water partition coefficient (Wildman–Crippen LogP) is 6.04. The number of aliphatic hydroxyl groups excluding tert-OH is 1. The molecule has 0 radical (unpaired) electrons. The molecule has 3 N–H and O–H groups in total. The maximum absolute atomic E-state index is 13.6. The molecule has 0 amide bonds. The molecule has 228 valence electrons. The number of benzene rings is 1. The first kappa shape index (κ1) is 30.7. The summed E-state index contributed by atoms with van der Waals surface area (Å²) in [5, 5.41) is 26.6. The van der Waals surface area contributed by atoms with Crippen molar-refractivity contribution in [2.45, 2.75) is 88.7 Å². The van der Waals surface area contributed by atoms with E-state index in [-0.39, 0.29) is 18.7 Å². The average Bonchev–Trinajstić information content (AvgIpc) is 3.33. The zero-order valence-electron chi connectivity index (χ0n) is 24.7. The van der Waals surface area contributed by atoms with Gasteiger partial charge in [-0.1, -0.05) is 12.0 Å². The van der Waals surface area contributed by atoms with Gasteiger partial charge in [0.15, 0.2) is 0 Å². The van der Waals surface area contributed by atoms with Crippen LogP contribution in [0, 0.1) is 23.2 Å². The lowest BCUT2D eigenvalue weighted by molar-refractivity contribution is -0.140. The minimum atomic E-state index is -4.39. The van der Waals surface area contributed by atoms with Gasteiger partial charge in [0.05, 0.1) is 52.9 Å². The van der Waals surface area contributed by atoms with E-state index in [1.165, 1.54) is 4.57 Å². The van der Waals surface area contributed by atoms with E-state index in [9.17, 15) is 23.5 Å². The van der Waals surface area contributed by atoms with Gasteiger partial charge in [-0.3, -0.25) is 4.98 Å². The van der Waals surface area contributed by atoms with Crippen LogP contribution in [0.3, 0.4) is 0 Å². The minimum Gasteiger partial charge on any atom is -0.393 e. The molecular formula is C33H39F3N6O. The molecule has 1 saturated heterocycles. The number of halogens is 3. The standard InChI is InChI=1S/C33H39F3N6O/c1-32(2,21-37)31-13-8-24(20-39-31)38-16-4-5-26-19-28-29(6-3-7-30(28)42(26)22-33(34,35)36)40-23-14-17-41(18-15-23)25-9-11-27(43)12-10-25/h3,6-8,13,19-20,23,25,27,38,40,43H,9-12,14-18,22H2,1-2H3/t25-,27+. The van der Waals surface area contributed by atoms with Crippen LogP contribution in [0.5, 0.6) is 0 Å². The number of aromatic nitrogens is 2. The number of fused-ring (bicyclic) bond motifs is 1. The van der Waals surface area contributed by atoms with Crippen molar-refractivity contribution in [1.82, 2.24) is 14.5 Å². The lowest BCUT2D eigenvalue weighted by Crippen LogP contribution is -2.46. The van der Waals surface area contributed by atoms with Gasteiger partial charge in [-0.25, -0.2) is 0 Å². The maximum Gasteiger partial charge on any atom is 0.406 e. The van der Waals surface area contributed by atoms with Gasteiger partial charge in [-0.2, -0.15) is 18.4 Å². The summed E-state index contributed by atoms with van der Waals surface area (Å²) in [5.41, 5.74) is 2.30. The molecule has 1 aliphatic heterocycles. The highest BCUT2D eigenvalue weighted by atomic mass is 19.4. The number of hydrogen-bond donors (Lipinski definition) is 3. The summed E-state index contributed by atoms with van der Waals surface area (Å²) in [7, 11) is 0. The fourth-order valence-electron chi connectivity index (χ4n) is 6.12. The second-order valence-electron chi connectivity index (χ2n) is 12.2. The summed E-state index contributed by atoms with van der Waals surface area (Å²) in [5.74, 6) is 5.91. The number of hydrogen-bond acceptors (Lipinski definition) is 6. The van der Waals surface area contributed by atoms with Crippen LogP contribution in [0.1, 0.15) is 63.8 Å².